The van der Waals surface area contributed by atoms with Crippen molar-refractivity contribution in [2.75, 3.05) is 16.7 Å². The first kappa shape index (κ1) is 12.8. The number of carbonyl (C=O) groups excluding carboxylic acids is 1. The number of carbonyl (C=O) groups is 1. The number of benzene rings is 1. The van der Waals surface area contributed by atoms with Gasteiger partial charge in [0.15, 0.2) is 0 Å². The van der Waals surface area contributed by atoms with Gasteiger partial charge < -0.3 is 5.32 Å². The molecule has 0 saturated carbocycles. The van der Waals surface area contributed by atoms with E-state index in [0.717, 1.165) is 22.3 Å². The van der Waals surface area contributed by atoms with Gasteiger partial charge in [-0.15, -0.1) is 11.8 Å². The molecule has 1 aromatic rings. The number of thioether (sulfide) groups is 1. The monoisotopic (exact) mass is 335 g/mol. The fourth-order valence-electron chi connectivity index (χ4n) is 1.01. The molecule has 0 fully saturated rings. The molecule has 82 valence electrons. The molecular formula is C11H14INOS. The molecule has 0 aliphatic carbocycles. The third-order valence-electron chi connectivity index (χ3n) is 1.75. The summed E-state index contributed by atoms with van der Waals surface area (Å²) in [4.78, 5) is 12.5. The van der Waals surface area contributed by atoms with Crippen LogP contribution in [0.15, 0.2) is 35.2 Å². The second-order valence-corrected chi connectivity index (χ2v) is 5.12. The van der Waals surface area contributed by atoms with Crippen LogP contribution in [0.1, 0.15) is 6.42 Å². The van der Waals surface area contributed by atoms with Gasteiger partial charge in [0.25, 0.3) is 0 Å². The van der Waals surface area contributed by atoms with Gasteiger partial charge in [-0.25, -0.2) is 0 Å². The second kappa shape index (κ2) is 7.98. The number of rotatable bonds is 6. The smallest absolute Gasteiger partial charge is 0.230 e. The summed E-state index contributed by atoms with van der Waals surface area (Å²) < 4.78 is 1.09. The first-order valence-corrected chi connectivity index (χ1v) is 7.34. The van der Waals surface area contributed by atoms with Gasteiger partial charge in [-0.05, 0) is 18.6 Å². The minimum atomic E-state index is 0.119. The lowest BCUT2D eigenvalue weighted by molar-refractivity contribution is -0.118. The minimum Gasteiger partial charge on any atom is -0.355 e. The Morgan fingerprint density at radius 3 is 2.73 bits per heavy atom. The zero-order valence-electron chi connectivity index (χ0n) is 8.41. The maximum atomic E-state index is 11.4. The van der Waals surface area contributed by atoms with Gasteiger partial charge in [-0.1, -0.05) is 40.8 Å². The molecule has 1 N–H and O–H groups in total. The fraction of sp³-hybridized carbons (Fsp3) is 0.364. The Hall–Kier alpha value is -0.230. The van der Waals surface area contributed by atoms with Gasteiger partial charge in [0.2, 0.25) is 5.91 Å². The highest BCUT2D eigenvalue weighted by Gasteiger charge is 2.00. The van der Waals surface area contributed by atoms with Gasteiger partial charge in [0.05, 0.1) is 5.75 Å². The molecule has 1 amide bonds. The van der Waals surface area contributed by atoms with Crippen molar-refractivity contribution in [1.29, 1.82) is 0 Å². The SMILES string of the molecule is O=C(CSc1ccccc1)NCCCI. The molecule has 0 aliphatic heterocycles. The first-order valence-electron chi connectivity index (χ1n) is 4.83. The average Bonchev–Trinajstić information content (AvgIpc) is 2.28. The predicted molar refractivity (Wildman–Crippen MR) is 73.7 cm³/mol. The van der Waals surface area contributed by atoms with E-state index in [9.17, 15) is 4.79 Å². The quantitative estimate of drug-likeness (QED) is 0.375. The van der Waals surface area contributed by atoms with Crippen molar-refractivity contribution in [3.05, 3.63) is 30.3 Å². The lowest BCUT2D eigenvalue weighted by Gasteiger charge is -2.03. The molecule has 0 heterocycles. The van der Waals surface area contributed by atoms with E-state index in [-0.39, 0.29) is 5.91 Å². The zero-order chi connectivity index (χ0) is 10.9. The van der Waals surface area contributed by atoms with E-state index in [4.69, 9.17) is 0 Å². The molecular weight excluding hydrogens is 321 g/mol. The molecule has 0 aliphatic rings. The number of halogens is 1. The maximum absolute atomic E-state index is 11.4. The molecule has 15 heavy (non-hydrogen) atoms. The van der Waals surface area contributed by atoms with E-state index in [2.05, 4.69) is 27.9 Å². The molecule has 1 aromatic carbocycles. The Kier molecular flexibility index (Phi) is 6.83. The average molecular weight is 335 g/mol. The molecule has 1 rings (SSSR count). The highest BCUT2D eigenvalue weighted by Crippen LogP contribution is 2.15. The number of hydrogen-bond donors (Lipinski definition) is 1. The van der Waals surface area contributed by atoms with Gasteiger partial charge in [-0.3, -0.25) is 4.79 Å². The summed E-state index contributed by atoms with van der Waals surface area (Å²) in [5.41, 5.74) is 0. The van der Waals surface area contributed by atoms with Crippen molar-refractivity contribution in [2.24, 2.45) is 0 Å². The largest absolute Gasteiger partial charge is 0.355 e. The van der Waals surface area contributed by atoms with E-state index in [1.807, 2.05) is 30.3 Å². The van der Waals surface area contributed by atoms with Crippen LogP contribution in [0.25, 0.3) is 0 Å². The Balaban J connectivity index is 2.17. The number of hydrogen-bond acceptors (Lipinski definition) is 2. The number of alkyl halides is 1. The van der Waals surface area contributed by atoms with Gasteiger partial charge in [-0.2, -0.15) is 0 Å². The summed E-state index contributed by atoms with van der Waals surface area (Å²) in [6, 6.07) is 9.97. The van der Waals surface area contributed by atoms with Crippen LogP contribution in [-0.2, 0) is 4.79 Å². The van der Waals surface area contributed by atoms with Crippen molar-refractivity contribution in [3.8, 4) is 0 Å². The van der Waals surface area contributed by atoms with Crippen LogP contribution in [0, 0.1) is 0 Å². The van der Waals surface area contributed by atoms with E-state index in [0.29, 0.717) is 5.75 Å². The third kappa shape index (κ3) is 6.04. The van der Waals surface area contributed by atoms with Crippen LogP contribution in [0.5, 0.6) is 0 Å². The Morgan fingerprint density at radius 2 is 2.07 bits per heavy atom. The molecule has 4 heteroatoms. The fourth-order valence-corrected chi connectivity index (χ4v) is 2.14. The molecule has 0 spiro atoms. The van der Waals surface area contributed by atoms with Crippen LogP contribution in [0.4, 0.5) is 0 Å². The standard InChI is InChI=1S/C11H14INOS/c12-7-4-8-13-11(14)9-15-10-5-2-1-3-6-10/h1-3,5-6H,4,7-9H2,(H,13,14). The van der Waals surface area contributed by atoms with Crippen LogP contribution < -0.4 is 5.32 Å². The predicted octanol–water partition coefficient (Wildman–Crippen LogP) is 2.72. The topological polar surface area (TPSA) is 29.1 Å². The Morgan fingerprint density at radius 1 is 1.33 bits per heavy atom. The Bertz CT molecular complexity index is 292. The molecule has 0 saturated heterocycles. The van der Waals surface area contributed by atoms with Crippen molar-refractivity contribution in [3.63, 3.8) is 0 Å². The maximum Gasteiger partial charge on any atom is 0.230 e. The number of nitrogens with one attached hydrogen (secondary N) is 1. The summed E-state index contributed by atoms with van der Waals surface area (Å²) in [7, 11) is 0. The van der Waals surface area contributed by atoms with Crippen molar-refractivity contribution in [2.45, 2.75) is 11.3 Å². The van der Waals surface area contributed by atoms with Crippen molar-refractivity contribution < 1.29 is 4.79 Å². The van der Waals surface area contributed by atoms with Crippen LogP contribution >= 0.6 is 34.4 Å². The lowest BCUT2D eigenvalue weighted by Crippen LogP contribution is -2.26. The number of amides is 1. The summed E-state index contributed by atoms with van der Waals surface area (Å²) in [5, 5.41) is 2.89. The third-order valence-corrected chi connectivity index (χ3v) is 3.52. The molecule has 0 bridgehead atoms. The normalized spacial score (nSPS) is 9.93. The summed E-state index contributed by atoms with van der Waals surface area (Å²) in [6.45, 7) is 0.789. The molecule has 0 radical (unpaired) electrons. The highest BCUT2D eigenvalue weighted by molar-refractivity contribution is 14.1. The van der Waals surface area contributed by atoms with E-state index in [1.165, 1.54) is 0 Å². The second-order valence-electron chi connectivity index (χ2n) is 2.99. The minimum absolute atomic E-state index is 0.119. The van der Waals surface area contributed by atoms with E-state index < -0.39 is 0 Å². The van der Waals surface area contributed by atoms with Gasteiger partial charge in [0.1, 0.15) is 0 Å². The lowest BCUT2D eigenvalue weighted by atomic mass is 10.4. The summed E-state index contributed by atoms with van der Waals surface area (Å²) in [6.07, 6.45) is 1.04. The highest BCUT2D eigenvalue weighted by atomic mass is 127. The van der Waals surface area contributed by atoms with Crippen LogP contribution in [-0.4, -0.2) is 22.6 Å². The zero-order valence-corrected chi connectivity index (χ0v) is 11.4. The molecule has 0 aromatic heterocycles. The van der Waals surface area contributed by atoms with Crippen molar-refractivity contribution in [1.82, 2.24) is 5.32 Å². The first-order chi connectivity index (χ1) is 7.33. The van der Waals surface area contributed by atoms with Crippen molar-refractivity contribution >= 4 is 40.3 Å². The van der Waals surface area contributed by atoms with Crippen LogP contribution in [0.2, 0.25) is 0 Å². The molecule has 0 unspecified atom stereocenters. The summed E-state index contributed by atoms with van der Waals surface area (Å²) >= 11 is 3.88. The van der Waals surface area contributed by atoms with Crippen LogP contribution in [0.3, 0.4) is 0 Å². The Labute approximate surface area is 108 Å². The van der Waals surface area contributed by atoms with Gasteiger partial charge in [0, 0.05) is 15.9 Å². The molecule has 0 atom stereocenters. The van der Waals surface area contributed by atoms with E-state index >= 15 is 0 Å². The van der Waals surface area contributed by atoms with Gasteiger partial charge >= 0.3 is 0 Å². The summed E-state index contributed by atoms with van der Waals surface area (Å²) in [5.74, 6) is 0.624. The van der Waals surface area contributed by atoms with E-state index in [1.54, 1.807) is 11.8 Å². The molecule has 2 nitrogen and oxygen atoms in total.